The molecule has 8 nitrogen and oxygen atoms in total. The van der Waals surface area contributed by atoms with Gasteiger partial charge in [0.2, 0.25) is 12.7 Å². The maximum atomic E-state index is 12.8. The Morgan fingerprint density at radius 3 is 2.88 bits per heavy atom. The molecule has 2 heterocycles. The van der Waals surface area contributed by atoms with E-state index in [1.807, 2.05) is 23.1 Å². The Kier molecular flexibility index (Phi) is 4.02. The van der Waals surface area contributed by atoms with Gasteiger partial charge >= 0.3 is 0 Å². The Balaban J connectivity index is 1.52. The number of nitrogens with zero attached hydrogens (tertiary/aromatic N) is 5. The number of benzene rings is 1. The first-order chi connectivity index (χ1) is 11.8. The molecule has 0 bridgehead atoms. The van der Waals surface area contributed by atoms with E-state index in [9.17, 15) is 4.79 Å². The van der Waals surface area contributed by atoms with Crippen LogP contribution in [0.2, 0.25) is 0 Å². The van der Waals surface area contributed by atoms with E-state index in [1.54, 1.807) is 0 Å². The van der Waals surface area contributed by atoms with E-state index in [-0.39, 0.29) is 25.3 Å². The molecule has 4 rings (SSSR count). The van der Waals surface area contributed by atoms with Crippen LogP contribution in [0.3, 0.4) is 0 Å². The molecule has 1 fully saturated rings. The first kappa shape index (κ1) is 14.9. The Morgan fingerprint density at radius 1 is 1.25 bits per heavy atom. The Morgan fingerprint density at radius 2 is 2.08 bits per heavy atom. The average Bonchev–Trinajstić information content (AvgIpc) is 3.33. The molecule has 126 valence electrons. The molecule has 0 radical (unpaired) electrons. The van der Waals surface area contributed by atoms with Crippen molar-refractivity contribution in [2.45, 2.75) is 44.8 Å². The summed E-state index contributed by atoms with van der Waals surface area (Å²) in [5, 5.41) is 11.0. The topological polar surface area (TPSA) is 82.4 Å². The third-order valence-corrected chi connectivity index (χ3v) is 4.56. The molecule has 1 aliphatic heterocycles. The highest BCUT2D eigenvalue weighted by atomic mass is 16.7. The molecule has 0 unspecified atom stereocenters. The lowest BCUT2D eigenvalue weighted by Gasteiger charge is -2.29. The SMILES string of the molecule is O=C(Cn1cnnn1)N(Cc1ccc2c(c1)OCO2)C1CCCC1. The van der Waals surface area contributed by atoms with Gasteiger partial charge in [0.1, 0.15) is 12.9 Å². The van der Waals surface area contributed by atoms with Crippen molar-refractivity contribution in [3.05, 3.63) is 30.1 Å². The van der Waals surface area contributed by atoms with Crippen LogP contribution in [-0.4, -0.2) is 43.8 Å². The number of hydrogen-bond acceptors (Lipinski definition) is 6. The molecule has 1 aromatic heterocycles. The van der Waals surface area contributed by atoms with Gasteiger partial charge in [-0.15, -0.1) is 5.10 Å². The van der Waals surface area contributed by atoms with E-state index < -0.39 is 0 Å². The summed E-state index contributed by atoms with van der Waals surface area (Å²) >= 11 is 0. The summed E-state index contributed by atoms with van der Waals surface area (Å²) in [6.45, 7) is 0.972. The van der Waals surface area contributed by atoms with Gasteiger partial charge < -0.3 is 14.4 Å². The van der Waals surface area contributed by atoms with Crippen molar-refractivity contribution < 1.29 is 14.3 Å². The highest BCUT2D eigenvalue weighted by Gasteiger charge is 2.27. The lowest BCUT2D eigenvalue weighted by Crippen LogP contribution is -2.40. The number of tetrazole rings is 1. The van der Waals surface area contributed by atoms with Crippen LogP contribution in [0, 0.1) is 0 Å². The molecule has 0 N–H and O–H groups in total. The number of fused-ring (bicyclic) bond motifs is 1. The Hall–Kier alpha value is -2.64. The number of amides is 1. The number of rotatable bonds is 5. The highest BCUT2D eigenvalue weighted by molar-refractivity contribution is 5.76. The second-order valence-corrected chi connectivity index (χ2v) is 6.15. The van der Waals surface area contributed by atoms with Gasteiger partial charge in [0.05, 0.1) is 0 Å². The van der Waals surface area contributed by atoms with Gasteiger partial charge in [0.25, 0.3) is 0 Å². The zero-order valence-corrected chi connectivity index (χ0v) is 13.3. The fourth-order valence-electron chi connectivity index (χ4n) is 3.35. The summed E-state index contributed by atoms with van der Waals surface area (Å²) in [7, 11) is 0. The predicted molar refractivity (Wildman–Crippen MR) is 83.2 cm³/mol. The van der Waals surface area contributed by atoms with Crippen LogP contribution in [0.4, 0.5) is 0 Å². The summed E-state index contributed by atoms with van der Waals surface area (Å²) in [6.07, 6.45) is 5.89. The van der Waals surface area contributed by atoms with E-state index >= 15 is 0 Å². The molecule has 2 aliphatic rings. The van der Waals surface area contributed by atoms with Crippen molar-refractivity contribution in [1.82, 2.24) is 25.1 Å². The molecule has 1 amide bonds. The second kappa shape index (κ2) is 6.46. The van der Waals surface area contributed by atoms with Crippen LogP contribution in [0.1, 0.15) is 31.2 Å². The Labute approximate surface area is 139 Å². The van der Waals surface area contributed by atoms with Gasteiger partial charge in [0.15, 0.2) is 11.5 Å². The molecule has 1 aromatic carbocycles. The fourth-order valence-corrected chi connectivity index (χ4v) is 3.35. The van der Waals surface area contributed by atoms with Crippen molar-refractivity contribution in [3.63, 3.8) is 0 Å². The maximum absolute atomic E-state index is 12.8. The molecular formula is C16H19N5O3. The summed E-state index contributed by atoms with van der Waals surface area (Å²) in [5.41, 5.74) is 1.04. The van der Waals surface area contributed by atoms with Crippen molar-refractivity contribution >= 4 is 5.91 Å². The maximum Gasteiger partial charge on any atom is 0.244 e. The molecular weight excluding hydrogens is 310 g/mol. The Bertz CT molecular complexity index is 713. The number of hydrogen-bond donors (Lipinski definition) is 0. The molecule has 1 saturated carbocycles. The minimum absolute atomic E-state index is 0.0341. The van der Waals surface area contributed by atoms with E-state index in [0.717, 1.165) is 29.9 Å². The minimum Gasteiger partial charge on any atom is -0.454 e. The van der Waals surface area contributed by atoms with E-state index in [1.165, 1.54) is 23.9 Å². The molecule has 2 aromatic rings. The zero-order valence-electron chi connectivity index (χ0n) is 13.3. The monoisotopic (exact) mass is 329 g/mol. The average molecular weight is 329 g/mol. The van der Waals surface area contributed by atoms with E-state index in [4.69, 9.17) is 9.47 Å². The molecule has 8 heteroatoms. The number of aromatic nitrogens is 4. The number of carbonyl (C=O) groups excluding carboxylic acids is 1. The number of ether oxygens (including phenoxy) is 2. The van der Waals surface area contributed by atoms with Crippen molar-refractivity contribution in [1.29, 1.82) is 0 Å². The van der Waals surface area contributed by atoms with Crippen LogP contribution in [0.5, 0.6) is 11.5 Å². The summed E-state index contributed by atoms with van der Waals surface area (Å²) in [4.78, 5) is 14.7. The number of carbonyl (C=O) groups is 1. The lowest BCUT2D eigenvalue weighted by atomic mass is 10.1. The van der Waals surface area contributed by atoms with Gasteiger partial charge in [0, 0.05) is 12.6 Å². The van der Waals surface area contributed by atoms with Crippen molar-refractivity contribution in [2.75, 3.05) is 6.79 Å². The summed E-state index contributed by atoms with van der Waals surface area (Å²) < 4.78 is 12.2. The van der Waals surface area contributed by atoms with Gasteiger partial charge in [-0.1, -0.05) is 18.9 Å². The van der Waals surface area contributed by atoms with Crippen LogP contribution in [0.25, 0.3) is 0 Å². The molecule has 0 spiro atoms. The summed E-state index contributed by atoms with van der Waals surface area (Å²) in [5.74, 6) is 1.53. The van der Waals surface area contributed by atoms with E-state index in [0.29, 0.717) is 6.54 Å². The fraction of sp³-hybridized carbons (Fsp3) is 0.500. The quantitative estimate of drug-likeness (QED) is 0.824. The molecule has 0 atom stereocenters. The molecule has 0 saturated heterocycles. The van der Waals surface area contributed by atoms with Gasteiger partial charge in [-0.25, -0.2) is 4.68 Å². The third kappa shape index (κ3) is 3.04. The minimum atomic E-state index is 0.0341. The largest absolute Gasteiger partial charge is 0.454 e. The van der Waals surface area contributed by atoms with Crippen molar-refractivity contribution in [2.24, 2.45) is 0 Å². The summed E-state index contributed by atoms with van der Waals surface area (Å²) in [6, 6.07) is 6.12. The van der Waals surface area contributed by atoms with Gasteiger partial charge in [-0.2, -0.15) is 0 Å². The third-order valence-electron chi connectivity index (χ3n) is 4.56. The van der Waals surface area contributed by atoms with Gasteiger partial charge in [-0.3, -0.25) is 4.79 Å². The van der Waals surface area contributed by atoms with Crippen molar-refractivity contribution in [3.8, 4) is 11.5 Å². The molecule has 24 heavy (non-hydrogen) atoms. The predicted octanol–water partition coefficient (Wildman–Crippen LogP) is 1.37. The first-order valence-corrected chi connectivity index (χ1v) is 8.18. The normalized spacial score (nSPS) is 16.5. The van der Waals surface area contributed by atoms with Gasteiger partial charge in [-0.05, 0) is 41.0 Å². The first-order valence-electron chi connectivity index (χ1n) is 8.18. The lowest BCUT2D eigenvalue weighted by molar-refractivity contribution is -0.135. The van der Waals surface area contributed by atoms with E-state index in [2.05, 4.69) is 15.5 Å². The van der Waals surface area contributed by atoms with Crippen LogP contribution in [0.15, 0.2) is 24.5 Å². The zero-order chi connectivity index (χ0) is 16.4. The second-order valence-electron chi connectivity index (χ2n) is 6.15. The van der Waals surface area contributed by atoms with Crippen LogP contribution >= 0.6 is 0 Å². The smallest absolute Gasteiger partial charge is 0.244 e. The highest BCUT2D eigenvalue weighted by Crippen LogP contribution is 2.33. The van der Waals surface area contributed by atoms with Crippen LogP contribution < -0.4 is 9.47 Å². The molecule has 1 aliphatic carbocycles. The van der Waals surface area contributed by atoms with Crippen LogP contribution in [-0.2, 0) is 17.9 Å². The standard InChI is InChI=1S/C16H19N5O3/c22-16(9-20-10-17-18-19-20)21(13-3-1-2-4-13)8-12-5-6-14-15(7-12)24-11-23-14/h5-7,10,13H,1-4,8-9,11H2.